The summed E-state index contributed by atoms with van der Waals surface area (Å²) in [5.74, 6) is -1.20. The highest BCUT2D eigenvalue weighted by Gasteiger charge is 2.30. The highest BCUT2D eigenvalue weighted by atomic mass is 19.1. The van der Waals surface area contributed by atoms with Gasteiger partial charge in [0.05, 0.1) is 22.5 Å². The number of carbonyl (C=O) groups is 2. The Morgan fingerprint density at radius 3 is 1.20 bits per heavy atom. The molecule has 7 rings (SSSR count). The van der Waals surface area contributed by atoms with E-state index in [0.29, 0.717) is 59.8 Å². The summed E-state index contributed by atoms with van der Waals surface area (Å²) in [5.41, 5.74) is 4.49. The van der Waals surface area contributed by atoms with Gasteiger partial charge in [-0.25, -0.2) is 18.1 Å². The second kappa shape index (κ2) is 12.2. The lowest BCUT2D eigenvalue weighted by Crippen LogP contribution is -2.50. The van der Waals surface area contributed by atoms with Gasteiger partial charge in [-0.05, 0) is 72.8 Å². The Morgan fingerprint density at radius 1 is 0.500 bits per heavy atom. The molecule has 2 aromatic heterocycles. The Balaban J connectivity index is 1.14. The minimum absolute atomic E-state index is 0.225. The maximum atomic E-state index is 13.9. The van der Waals surface area contributed by atoms with Crippen molar-refractivity contribution < 1.29 is 18.4 Å². The van der Waals surface area contributed by atoms with Gasteiger partial charge >= 0.3 is 0 Å². The molecule has 0 saturated carbocycles. The molecular formula is C36H28F2N6O2. The fourth-order valence-corrected chi connectivity index (χ4v) is 5.58. The summed E-state index contributed by atoms with van der Waals surface area (Å²) >= 11 is 0. The molecule has 3 heterocycles. The number of piperazine rings is 1. The highest BCUT2D eigenvalue weighted by molar-refractivity contribution is 6.01. The molecule has 1 aliphatic rings. The van der Waals surface area contributed by atoms with E-state index in [1.165, 1.54) is 24.3 Å². The molecule has 6 aromatic rings. The number of rotatable bonds is 6. The van der Waals surface area contributed by atoms with Crippen molar-refractivity contribution >= 4 is 11.8 Å². The van der Waals surface area contributed by atoms with Gasteiger partial charge in [-0.1, -0.05) is 36.4 Å². The van der Waals surface area contributed by atoms with E-state index in [1.54, 1.807) is 55.8 Å². The van der Waals surface area contributed by atoms with E-state index < -0.39 is 0 Å². The van der Waals surface area contributed by atoms with Crippen molar-refractivity contribution in [1.82, 2.24) is 29.4 Å². The van der Waals surface area contributed by atoms with Gasteiger partial charge in [0.25, 0.3) is 11.8 Å². The van der Waals surface area contributed by atoms with E-state index in [1.807, 2.05) is 60.7 Å². The average molecular weight is 615 g/mol. The van der Waals surface area contributed by atoms with Crippen LogP contribution in [0.15, 0.2) is 122 Å². The SMILES string of the molecule is O=C(c1cn(-c2ccccc2)nc1-c1ccc(F)cc1)N1CCN(C(=O)c2cn(-c3ccccc3)nc2-c2ccc(F)cc2)CC1. The molecule has 0 N–H and O–H groups in total. The number of hydrogen-bond donors (Lipinski definition) is 0. The number of nitrogens with zero attached hydrogens (tertiary/aromatic N) is 6. The van der Waals surface area contributed by atoms with Crippen molar-refractivity contribution in [2.24, 2.45) is 0 Å². The summed E-state index contributed by atoms with van der Waals surface area (Å²) in [7, 11) is 0. The standard InChI is InChI=1S/C36H28F2N6O2/c37-27-15-11-25(12-16-27)33-31(23-43(39-33)29-7-3-1-4-8-29)35(45)41-19-21-42(22-20-41)36(46)32-24-44(30-9-5-2-6-10-30)40-34(32)26-13-17-28(38)18-14-26/h1-18,23-24H,19-22H2. The number of hydrogen-bond acceptors (Lipinski definition) is 4. The number of benzene rings is 4. The highest BCUT2D eigenvalue weighted by Crippen LogP contribution is 2.28. The zero-order chi connectivity index (χ0) is 31.6. The largest absolute Gasteiger partial charge is 0.335 e. The van der Waals surface area contributed by atoms with Crippen molar-refractivity contribution in [3.63, 3.8) is 0 Å². The van der Waals surface area contributed by atoms with E-state index >= 15 is 0 Å². The first-order chi connectivity index (χ1) is 22.4. The lowest BCUT2D eigenvalue weighted by atomic mass is 10.1. The third-order valence-electron chi connectivity index (χ3n) is 8.02. The van der Waals surface area contributed by atoms with Crippen LogP contribution in [0.3, 0.4) is 0 Å². The van der Waals surface area contributed by atoms with E-state index in [-0.39, 0.29) is 23.4 Å². The van der Waals surface area contributed by atoms with Crippen molar-refractivity contribution in [1.29, 1.82) is 0 Å². The summed E-state index contributed by atoms with van der Waals surface area (Å²) in [6, 6.07) is 30.7. The number of halogens is 2. The molecule has 1 saturated heterocycles. The third-order valence-corrected chi connectivity index (χ3v) is 8.02. The van der Waals surface area contributed by atoms with Crippen molar-refractivity contribution in [2.45, 2.75) is 0 Å². The molecule has 46 heavy (non-hydrogen) atoms. The second-order valence-electron chi connectivity index (χ2n) is 10.9. The Hall–Kier alpha value is -5.90. The summed E-state index contributed by atoms with van der Waals surface area (Å²) in [6.07, 6.45) is 3.39. The van der Waals surface area contributed by atoms with E-state index in [2.05, 4.69) is 0 Å². The van der Waals surface area contributed by atoms with Crippen LogP contribution in [-0.4, -0.2) is 67.4 Å². The average Bonchev–Trinajstić information content (AvgIpc) is 3.76. The molecule has 2 amide bonds. The number of carbonyl (C=O) groups excluding carboxylic acids is 2. The van der Waals surface area contributed by atoms with Crippen LogP contribution in [0.4, 0.5) is 8.78 Å². The van der Waals surface area contributed by atoms with Crippen LogP contribution in [0.1, 0.15) is 20.7 Å². The summed E-state index contributed by atoms with van der Waals surface area (Å²) in [5, 5.41) is 9.40. The fraction of sp³-hybridized carbons (Fsp3) is 0.111. The van der Waals surface area contributed by atoms with E-state index in [4.69, 9.17) is 10.2 Å². The molecule has 8 nitrogen and oxygen atoms in total. The quantitative estimate of drug-likeness (QED) is 0.222. The Bertz CT molecular complexity index is 1850. The van der Waals surface area contributed by atoms with Gasteiger partial charge in [-0.3, -0.25) is 9.59 Å². The van der Waals surface area contributed by atoms with Crippen LogP contribution >= 0.6 is 0 Å². The molecule has 1 fully saturated rings. The molecule has 0 spiro atoms. The van der Waals surface area contributed by atoms with Crippen LogP contribution in [0.25, 0.3) is 33.9 Å². The molecule has 0 radical (unpaired) electrons. The second-order valence-corrected chi connectivity index (χ2v) is 10.9. The van der Waals surface area contributed by atoms with E-state index in [0.717, 1.165) is 11.4 Å². The minimum Gasteiger partial charge on any atom is -0.335 e. The number of para-hydroxylation sites is 2. The van der Waals surface area contributed by atoms with Gasteiger partial charge in [0.2, 0.25) is 0 Å². The van der Waals surface area contributed by atoms with Gasteiger partial charge in [-0.15, -0.1) is 0 Å². The van der Waals surface area contributed by atoms with Crippen LogP contribution in [0, 0.1) is 11.6 Å². The number of aromatic nitrogens is 4. The first kappa shape index (κ1) is 28.8. The molecule has 10 heteroatoms. The maximum absolute atomic E-state index is 13.9. The Morgan fingerprint density at radius 2 is 0.848 bits per heavy atom. The van der Waals surface area contributed by atoms with Crippen LogP contribution in [0.5, 0.6) is 0 Å². The molecule has 0 bridgehead atoms. The smallest absolute Gasteiger partial charge is 0.257 e. The Labute approximate surface area is 263 Å². The topological polar surface area (TPSA) is 76.3 Å². The Kier molecular flexibility index (Phi) is 7.67. The summed E-state index contributed by atoms with van der Waals surface area (Å²) in [6.45, 7) is 1.23. The van der Waals surface area contributed by atoms with Crippen LogP contribution in [0.2, 0.25) is 0 Å². The molecular weight excluding hydrogens is 586 g/mol. The fourth-order valence-electron chi connectivity index (χ4n) is 5.58. The zero-order valence-corrected chi connectivity index (χ0v) is 24.6. The third kappa shape index (κ3) is 5.68. The molecule has 0 unspecified atom stereocenters. The molecule has 4 aromatic carbocycles. The monoisotopic (exact) mass is 614 g/mol. The van der Waals surface area contributed by atoms with Gasteiger partial charge < -0.3 is 9.80 Å². The lowest BCUT2D eigenvalue weighted by Gasteiger charge is -2.34. The predicted molar refractivity (Wildman–Crippen MR) is 170 cm³/mol. The summed E-state index contributed by atoms with van der Waals surface area (Å²) < 4.78 is 30.7. The molecule has 0 atom stereocenters. The van der Waals surface area contributed by atoms with Crippen molar-refractivity contribution in [3.8, 4) is 33.9 Å². The van der Waals surface area contributed by atoms with Crippen LogP contribution in [-0.2, 0) is 0 Å². The van der Waals surface area contributed by atoms with Gasteiger partial charge in [-0.2, -0.15) is 10.2 Å². The minimum atomic E-state index is -0.378. The van der Waals surface area contributed by atoms with Gasteiger partial charge in [0.1, 0.15) is 23.0 Å². The van der Waals surface area contributed by atoms with E-state index in [9.17, 15) is 18.4 Å². The normalized spacial score (nSPS) is 13.2. The number of amides is 2. The van der Waals surface area contributed by atoms with Crippen LogP contribution < -0.4 is 0 Å². The zero-order valence-electron chi connectivity index (χ0n) is 24.6. The molecule has 228 valence electrons. The van der Waals surface area contributed by atoms with Gasteiger partial charge in [0, 0.05) is 49.7 Å². The summed E-state index contributed by atoms with van der Waals surface area (Å²) in [4.78, 5) is 31.3. The lowest BCUT2D eigenvalue weighted by molar-refractivity contribution is 0.0536. The molecule has 1 aliphatic heterocycles. The van der Waals surface area contributed by atoms with Crippen molar-refractivity contribution in [3.05, 3.63) is 144 Å². The van der Waals surface area contributed by atoms with Crippen molar-refractivity contribution in [2.75, 3.05) is 26.2 Å². The maximum Gasteiger partial charge on any atom is 0.257 e. The van der Waals surface area contributed by atoms with Gasteiger partial charge in [0.15, 0.2) is 0 Å². The first-order valence-corrected chi connectivity index (χ1v) is 14.9. The first-order valence-electron chi connectivity index (χ1n) is 14.9. The predicted octanol–water partition coefficient (Wildman–Crippen LogP) is 6.27. The molecule has 0 aliphatic carbocycles.